The molecule has 2 N–H and O–H groups in total. The number of hydrogen-bond donors (Lipinski definition) is 2. The predicted octanol–water partition coefficient (Wildman–Crippen LogP) is 2.63. The molecule has 0 atom stereocenters. The zero-order chi connectivity index (χ0) is 18.0. The summed E-state index contributed by atoms with van der Waals surface area (Å²) in [5.74, 6) is -0.538. The first-order valence-electron chi connectivity index (χ1n) is 7.90. The van der Waals surface area contributed by atoms with E-state index in [1.807, 2.05) is 0 Å². The second kappa shape index (κ2) is 6.83. The average Bonchev–Trinajstić information content (AvgIpc) is 3.32. The van der Waals surface area contributed by atoms with Crippen LogP contribution >= 0.6 is 0 Å². The molecule has 0 aromatic heterocycles. The molecule has 2 rings (SSSR count). The zero-order valence-corrected chi connectivity index (χ0v) is 13.7. The molecule has 0 unspecified atom stereocenters. The Morgan fingerprint density at radius 2 is 1.79 bits per heavy atom. The van der Waals surface area contributed by atoms with Crippen LogP contribution in [0.4, 0.5) is 13.2 Å². The first kappa shape index (κ1) is 18.3. The van der Waals surface area contributed by atoms with E-state index in [9.17, 15) is 22.8 Å². The van der Waals surface area contributed by atoms with Gasteiger partial charge in [-0.15, -0.1) is 0 Å². The molecule has 1 saturated carbocycles. The van der Waals surface area contributed by atoms with Crippen LogP contribution in [0.2, 0.25) is 0 Å². The highest BCUT2D eigenvalue weighted by molar-refractivity contribution is 5.91. The molecule has 132 valence electrons. The van der Waals surface area contributed by atoms with Crippen LogP contribution in [0.25, 0.3) is 0 Å². The van der Waals surface area contributed by atoms with Crippen LogP contribution in [0.1, 0.15) is 37.8 Å². The lowest BCUT2D eigenvalue weighted by atomic mass is 9.93. The van der Waals surface area contributed by atoms with Gasteiger partial charge in [-0.2, -0.15) is 13.2 Å². The van der Waals surface area contributed by atoms with E-state index in [0.29, 0.717) is 24.9 Å². The highest BCUT2D eigenvalue weighted by atomic mass is 19.4. The number of alkyl halides is 3. The molecule has 1 aliphatic carbocycles. The number of carbonyl (C=O) groups is 2. The third-order valence-electron chi connectivity index (χ3n) is 4.16. The fourth-order valence-corrected chi connectivity index (χ4v) is 2.50. The van der Waals surface area contributed by atoms with Crippen molar-refractivity contribution in [3.05, 3.63) is 35.4 Å². The van der Waals surface area contributed by atoms with Crippen LogP contribution in [-0.4, -0.2) is 24.9 Å². The largest absolute Gasteiger partial charge is 0.416 e. The van der Waals surface area contributed by atoms with Crippen molar-refractivity contribution in [3.8, 4) is 0 Å². The summed E-state index contributed by atoms with van der Waals surface area (Å²) < 4.78 is 38.5. The van der Waals surface area contributed by atoms with E-state index < -0.39 is 17.2 Å². The SMILES string of the molecule is CC(C)C(=O)NCCNC(=O)C1(c2cccc(C(F)(F)F)c2)CC1. The van der Waals surface area contributed by atoms with Crippen molar-refractivity contribution in [2.45, 2.75) is 38.3 Å². The Morgan fingerprint density at radius 3 is 2.33 bits per heavy atom. The van der Waals surface area contributed by atoms with Crippen molar-refractivity contribution in [3.63, 3.8) is 0 Å². The number of nitrogens with one attached hydrogen (secondary N) is 2. The maximum absolute atomic E-state index is 12.8. The van der Waals surface area contributed by atoms with E-state index in [4.69, 9.17) is 0 Å². The smallest absolute Gasteiger partial charge is 0.354 e. The number of halogens is 3. The normalized spacial score (nSPS) is 15.9. The van der Waals surface area contributed by atoms with Crippen molar-refractivity contribution in [2.75, 3.05) is 13.1 Å². The summed E-state index contributed by atoms with van der Waals surface area (Å²) in [6.07, 6.45) is -3.37. The molecule has 0 spiro atoms. The summed E-state index contributed by atoms with van der Waals surface area (Å²) in [4.78, 5) is 23.8. The minimum absolute atomic E-state index is 0.108. The Labute approximate surface area is 138 Å². The van der Waals surface area contributed by atoms with E-state index in [2.05, 4.69) is 10.6 Å². The van der Waals surface area contributed by atoms with Crippen LogP contribution in [0.15, 0.2) is 24.3 Å². The molecule has 1 fully saturated rings. The Bertz CT molecular complexity index is 623. The number of rotatable bonds is 6. The van der Waals surface area contributed by atoms with E-state index >= 15 is 0 Å². The van der Waals surface area contributed by atoms with Crippen molar-refractivity contribution in [1.29, 1.82) is 0 Å². The quantitative estimate of drug-likeness (QED) is 0.781. The van der Waals surface area contributed by atoms with Gasteiger partial charge in [-0.25, -0.2) is 0 Å². The Hall–Kier alpha value is -2.05. The molecule has 0 radical (unpaired) electrons. The maximum Gasteiger partial charge on any atom is 0.416 e. The molecule has 7 heteroatoms. The van der Waals surface area contributed by atoms with Crippen molar-refractivity contribution >= 4 is 11.8 Å². The van der Waals surface area contributed by atoms with E-state index in [-0.39, 0.29) is 24.3 Å². The van der Waals surface area contributed by atoms with E-state index in [1.54, 1.807) is 19.9 Å². The summed E-state index contributed by atoms with van der Waals surface area (Å²) >= 11 is 0. The summed E-state index contributed by atoms with van der Waals surface area (Å²) in [5.41, 5.74) is -1.23. The van der Waals surface area contributed by atoms with Crippen molar-refractivity contribution < 1.29 is 22.8 Å². The van der Waals surface area contributed by atoms with E-state index in [1.165, 1.54) is 6.07 Å². The fourth-order valence-electron chi connectivity index (χ4n) is 2.50. The highest BCUT2D eigenvalue weighted by Gasteiger charge is 2.51. The molecule has 1 aromatic rings. The third kappa shape index (κ3) is 4.07. The van der Waals surface area contributed by atoms with Gasteiger partial charge in [-0.3, -0.25) is 9.59 Å². The molecular formula is C17H21F3N2O2. The third-order valence-corrected chi connectivity index (χ3v) is 4.16. The lowest BCUT2D eigenvalue weighted by Gasteiger charge is -2.18. The predicted molar refractivity (Wildman–Crippen MR) is 83.2 cm³/mol. The Morgan fingerprint density at radius 1 is 1.17 bits per heavy atom. The summed E-state index contributed by atoms with van der Waals surface area (Å²) in [6.45, 7) is 4.07. The van der Waals surface area contributed by atoms with Crippen molar-refractivity contribution in [2.24, 2.45) is 5.92 Å². The Balaban J connectivity index is 1.96. The standard InChI is InChI=1S/C17H21F3N2O2/c1-11(2)14(23)21-8-9-22-15(24)16(6-7-16)12-4-3-5-13(10-12)17(18,19)20/h3-5,10-11H,6-9H2,1-2H3,(H,21,23)(H,22,24). The minimum atomic E-state index is -4.43. The second-order valence-corrected chi connectivity index (χ2v) is 6.36. The molecular weight excluding hydrogens is 321 g/mol. The molecule has 1 aliphatic rings. The first-order valence-corrected chi connectivity index (χ1v) is 7.90. The molecule has 0 bridgehead atoms. The number of carbonyl (C=O) groups excluding carboxylic acids is 2. The van der Waals surface area contributed by atoms with Crippen LogP contribution in [-0.2, 0) is 21.2 Å². The van der Waals surface area contributed by atoms with Crippen LogP contribution < -0.4 is 10.6 Å². The van der Waals surface area contributed by atoms with Gasteiger partial charge in [0, 0.05) is 19.0 Å². The van der Waals surface area contributed by atoms with Crippen LogP contribution in [0, 0.1) is 5.92 Å². The fraction of sp³-hybridized carbons (Fsp3) is 0.529. The monoisotopic (exact) mass is 342 g/mol. The topological polar surface area (TPSA) is 58.2 Å². The van der Waals surface area contributed by atoms with E-state index in [0.717, 1.165) is 12.1 Å². The van der Waals surface area contributed by atoms with Crippen LogP contribution in [0.5, 0.6) is 0 Å². The van der Waals surface area contributed by atoms with Gasteiger partial charge in [0.15, 0.2) is 0 Å². The lowest BCUT2D eigenvalue weighted by Crippen LogP contribution is -2.40. The van der Waals surface area contributed by atoms with Gasteiger partial charge < -0.3 is 10.6 Å². The minimum Gasteiger partial charge on any atom is -0.354 e. The molecule has 4 nitrogen and oxygen atoms in total. The molecule has 0 aliphatic heterocycles. The Kier molecular flexibility index (Phi) is 5.20. The van der Waals surface area contributed by atoms with Gasteiger partial charge in [0.05, 0.1) is 11.0 Å². The molecule has 0 heterocycles. The van der Waals surface area contributed by atoms with Crippen LogP contribution in [0.3, 0.4) is 0 Å². The molecule has 24 heavy (non-hydrogen) atoms. The van der Waals surface area contributed by atoms with Crippen molar-refractivity contribution in [1.82, 2.24) is 10.6 Å². The second-order valence-electron chi connectivity index (χ2n) is 6.36. The van der Waals surface area contributed by atoms with Gasteiger partial charge in [-0.1, -0.05) is 32.0 Å². The number of amides is 2. The number of benzene rings is 1. The first-order chi connectivity index (χ1) is 11.2. The summed E-state index contributed by atoms with van der Waals surface area (Å²) in [7, 11) is 0. The van der Waals surface area contributed by atoms with Gasteiger partial charge in [0.2, 0.25) is 11.8 Å². The zero-order valence-electron chi connectivity index (χ0n) is 13.7. The molecule has 0 saturated heterocycles. The maximum atomic E-state index is 12.8. The summed E-state index contributed by atoms with van der Waals surface area (Å²) in [6, 6.07) is 4.93. The van der Waals surface area contributed by atoms with Gasteiger partial charge in [0.25, 0.3) is 0 Å². The van der Waals surface area contributed by atoms with Gasteiger partial charge in [-0.05, 0) is 24.5 Å². The lowest BCUT2D eigenvalue weighted by molar-refractivity contribution is -0.137. The molecule has 2 amide bonds. The van der Waals surface area contributed by atoms with Gasteiger partial charge in [0.1, 0.15) is 0 Å². The summed E-state index contributed by atoms with van der Waals surface area (Å²) in [5, 5.41) is 5.38. The highest BCUT2D eigenvalue weighted by Crippen LogP contribution is 2.49. The molecule has 1 aromatic carbocycles. The average molecular weight is 342 g/mol. The number of hydrogen-bond acceptors (Lipinski definition) is 2. The van der Waals surface area contributed by atoms with Gasteiger partial charge >= 0.3 is 6.18 Å².